The normalized spacial score (nSPS) is 14.2. The van der Waals surface area contributed by atoms with Crippen LogP contribution in [0.5, 0.6) is 23.0 Å². The minimum atomic E-state index is -0.963. The molecule has 2 atom stereocenters. The van der Waals surface area contributed by atoms with Crippen LogP contribution in [-0.4, -0.2) is 53.5 Å². The van der Waals surface area contributed by atoms with Gasteiger partial charge >= 0.3 is 0 Å². The lowest BCUT2D eigenvalue weighted by Crippen LogP contribution is -2.42. The van der Waals surface area contributed by atoms with Gasteiger partial charge in [0.25, 0.3) is 0 Å². The number of nitrogens with zero attached hydrogens (tertiary/aromatic N) is 2. The van der Waals surface area contributed by atoms with Crippen LogP contribution in [0.2, 0.25) is 0 Å². The van der Waals surface area contributed by atoms with E-state index in [1.54, 1.807) is 72.9 Å². The van der Waals surface area contributed by atoms with E-state index in [1.165, 1.54) is 0 Å². The zero-order chi connectivity index (χ0) is 23.0. The number of hydrogen-bond acceptors (Lipinski definition) is 7. The van der Waals surface area contributed by atoms with E-state index in [-0.39, 0.29) is 18.9 Å². The highest BCUT2D eigenvalue weighted by Crippen LogP contribution is 2.33. The van der Waals surface area contributed by atoms with E-state index in [0.29, 0.717) is 42.6 Å². The van der Waals surface area contributed by atoms with Crippen molar-refractivity contribution in [3.8, 4) is 23.0 Å². The Labute approximate surface area is 191 Å². The van der Waals surface area contributed by atoms with Crippen molar-refractivity contribution >= 4 is 5.91 Å². The van der Waals surface area contributed by atoms with Gasteiger partial charge in [-0.15, -0.1) is 0 Å². The number of benzene rings is 2. The van der Waals surface area contributed by atoms with Gasteiger partial charge in [0.15, 0.2) is 11.5 Å². The third-order valence-corrected chi connectivity index (χ3v) is 5.26. The SMILES string of the molecule is COc1ccc(OCCC(=O)N[C@H](Cn2ccnc2)[C@H](O)c2ccc3c(c2)OCCO3)cc1. The number of carbonyl (C=O) groups excluding carboxylic acids is 1. The molecule has 0 spiro atoms. The van der Waals surface area contributed by atoms with Crippen molar-refractivity contribution in [3.63, 3.8) is 0 Å². The minimum absolute atomic E-state index is 0.139. The second kappa shape index (κ2) is 10.7. The molecule has 0 aliphatic carbocycles. The third-order valence-electron chi connectivity index (χ3n) is 5.26. The van der Waals surface area contributed by atoms with Gasteiger partial charge in [-0.1, -0.05) is 6.07 Å². The fraction of sp³-hybridized carbons (Fsp3) is 0.333. The maximum atomic E-state index is 12.6. The molecule has 0 radical (unpaired) electrons. The summed E-state index contributed by atoms with van der Waals surface area (Å²) < 4.78 is 23.8. The zero-order valence-corrected chi connectivity index (χ0v) is 18.3. The Balaban J connectivity index is 1.38. The topological polar surface area (TPSA) is 104 Å². The Hall–Kier alpha value is -3.72. The lowest BCUT2D eigenvalue weighted by Gasteiger charge is -2.26. The van der Waals surface area contributed by atoms with Crippen LogP contribution in [-0.2, 0) is 11.3 Å². The molecular weight excluding hydrogens is 426 g/mol. The number of aliphatic hydroxyl groups excluding tert-OH is 1. The number of fused-ring (bicyclic) bond motifs is 1. The van der Waals surface area contributed by atoms with Crippen LogP contribution in [0.15, 0.2) is 61.2 Å². The molecule has 2 N–H and O–H groups in total. The van der Waals surface area contributed by atoms with Crippen LogP contribution in [0.1, 0.15) is 18.1 Å². The molecular formula is C24H27N3O6. The number of amides is 1. The predicted octanol–water partition coefficient (Wildman–Crippen LogP) is 2.35. The summed E-state index contributed by atoms with van der Waals surface area (Å²) in [5.74, 6) is 2.37. The van der Waals surface area contributed by atoms with Crippen molar-refractivity contribution in [1.82, 2.24) is 14.9 Å². The molecule has 0 unspecified atom stereocenters. The van der Waals surface area contributed by atoms with Gasteiger partial charge in [-0.25, -0.2) is 4.98 Å². The van der Waals surface area contributed by atoms with E-state index in [4.69, 9.17) is 18.9 Å². The molecule has 0 bridgehead atoms. The molecule has 9 heteroatoms. The van der Waals surface area contributed by atoms with E-state index < -0.39 is 12.1 Å². The fourth-order valence-electron chi connectivity index (χ4n) is 3.53. The molecule has 2 heterocycles. The lowest BCUT2D eigenvalue weighted by molar-refractivity contribution is -0.123. The number of hydrogen-bond donors (Lipinski definition) is 2. The molecule has 1 aromatic heterocycles. The molecule has 9 nitrogen and oxygen atoms in total. The Morgan fingerprint density at radius 1 is 1.15 bits per heavy atom. The van der Waals surface area contributed by atoms with Gasteiger partial charge in [0.2, 0.25) is 5.91 Å². The van der Waals surface area contributed by atoms with Gasteiger partial charge in [0.05, 0.1) is 32.5 Å². The van der Waals surface area contributed by atoms with Crippen molar-refractivity contribution in [2.75, 3.05) is 26.9 Å². The summed E-state index contributed by atoms with van der Waals surface area (Å²) >= 11 is 0. The molecule has 0 saturated carbocycles. The number of aliphatic hydroxyl groups is 1. The number of rotatable bonds is 10. The Bertz CT molecular complexity index is 1040. The van der Waals surface area contributed by atoms with Crippen molar-refractivity contribution in [1.29, 1.82) is 0 Å². The summed E-state index contributed by atoms with van der Waals surface area (Å²) in [6, 6.07) is 11.9. The highest BCUT2D eigenvalue weighted by Gasteiger charge is 2.25. The quantitative estimate of drug-likeness (QED) is 0.486. The van der Waals surface area contributed by atoms with Crippen LogP contribution >= 0.6 is 0 Å². The standard InChI is InChI=1S/C24H27N3O6/c1-30-18-3-5-19(6-4-18)31-11-8-23(28)26-20(15-27-10-9-25-16-27)24(29)17-2-7-21-22(14-17)33-13-12-32-21/h2-7,9-10,14,16,20,24,29H,8,11-13,15H2,1H3,(H,26,28)/t20-,24-/m1/s1. The monoisotopic (exact) mass is 453 g/mol. The fourth-order valence-corrected chi connectivity index (χ4v) is 3.53. The van der Waals surface area contributed by atoms with Gasteiger partial charge < -0.3 is 33.9 Å². The largest absolute Gasteiger partial charge is 0.497 e. The first kappa shape index (κ1) is 22.5. The highest BCUT2D eigenvalue weighted by molar-refractivity contribution is 5.76. The van der Waals surface area contributed by atoms with Crippen LogP contribution in [0.25, 0.3) is 0 Å². The molecule has 1 aliphatic heterocycles. The Morgan fingerprint density at radius 2 is 1.91 bits per heavy atom. The van der Waals surface area contributed by atoms with Gasteiger partial charge in [0, 0.05) is 18.9 Å². The summed E-state index contributed by atoms with van der Waals surface area (Å²) in [7, 11) is 1.60. The maximum Gasteiger partial charge on any atom is 0.223 e. The predicted molar refractivity (Wildman–Crippen MR) is 120 cm³/mol. The van der Waals surface area contributed by atoms with Crippen LogP contribution < -0.4 is 24.3 Å². The average Bonchev–Trinajstić information content (AvgIpc) is 3.36. The van der Waals surface area contributed by atoms with Crippen LogP contribution in [0, 0.1) is 0 Å². The average molecular weight is 453 g/mol. The van der Waals surface area contributed by atoms with Gasteiger partial charge in [-0.3, -0.25) is 4.79 Å². The molecule has 3 aromatic rings. The number of carbonyl (C=O) groups is 1. The number of methoxy groups -OCH3 is 1. The molecule has 174 valence electrons. The maximum absolute atomic E-state index is 12.6. The Kier molecular flexibility index (Phi) is 7.31. The van der Waals surface area contributed by atoms with Crippen molar-refractivity contribution in [2.45, 2.75) is 25.1 Å². The van der Waals surface area contributed by atoms with Crippen LogP contribution in [0.4, 0.5) is 0 Å². The number of ether oxygens (including phenoxy) is 4. The number of aromatic nitrogens is 2. The summed E-state index contributed by atoms with van der Waals surface area (Å²) in [5.41, 5.74) is 0.624. The van der Waals surface area contributed by atoms with E-state index in [1.807, 2.05) is 0 Å². The Morgan fingerprint density at radius 3 is 2.64 bits per heavy atom. The smallest absolute Gasteiger partial charge is 0.223 e. The molecule has 33 heavy (non-hydrogen) atoms. The summed E-state index contributed by atoms with van der Waals surface area (Å²) in [4.78, 5) is 16.7. The summed E-state index contributed by atoms with van der Waals surface area (Å²) in [5, 5.41) is 14.0. The zero-order valence-electron chi connectivity index (χ0n) is 18.3. The first-order valence-corrected chi connectivity index (χ1v) is 10.7. The molecule has 1 amide bonds. The van der Waals surface area contributed by atoms with Crippen molar-refractivity contribution in [3.05, 3.63) is 66.7 Å². The van der Waals surface area contributed by atoms with Gasteiger partial charge in [-0.05, 0) is 42.0 Å². The van der Waals surface area contributed by atoms with Crippen LogP contribution in [0.3, 0.4) is 0 Å². The number of nitrogens with one attached hydrogen (secondary N) is 1. The molecule has 1 aliphatic rings. The molecule has 4 rings (SSSR count). The second-order valence-electron chi connectivity index (χ2n) is 7.56. The van der Waals surface area contributed by atoms with E-state index >= 15 is 0 Å². The van der Waals surface area contributed by atoms with E-state index in [2.05, 4.69) is 10.3 Å². The van der Waals surface area contributed by atoms with Crippen molar-refractivity contribution in [2.24, 2.45) is 0 Å². The van der Waals surface area contributed by atoms with E-state index in [9.17, 15) is 9.90 Å². The van der Waals surface area contributed by atoms with E-state index in [0.717, 1.165) is 5.75 Å². The minimum Gasteiger partial charge on any atom is -0.497 e. The van der Waals surface area contributed by atoms with Gasteiger partial charge in [0.1, 0.15) is 30.8 Å². The van der Waals surface area contributed by atoms with Gasteiger partial charge in [-0.2, -0.15) is 0 Å². The molecule has 0 saturated heterocycles. The number of imidazole rings is 1. The third kappa shape index (κ3) is 5.95. The second-order valence-corrected chi connectivity index (χ2v) is 7.56. The van der Waals surface area contributed by atoms with Crippen molar-refractivity contribution < 1.29 is 28.8 Å². The highest BCUT2D eigenvalue weighted by atomic mass is 16.6. The summed E-state index contributed by atoms with van der Waals surface area (Å²) in [6.45, 7) is 1.50. The molecule has 0 fully saturated rings. The first-order chi connectivity index (χ1) is 16.1. The summed E-state index contributed by atoms with van der Waals surface area (Å²) in [6.07, 6.45) is 4.25. The first-order valence-electron chi connectivity index (χ1n) is 10.7. The lowest BCUT2D eigenvalue weighted by atomic mass is 10.0. The molecule has 2 aromatic carbocycles.